The van der Waals surface area contributed by atoms with Gasteiger partial charge in [0.05, 0.1) is 9.90 Å². The number of halogens is 2. The molecule has 1 saturated heterocycles. The maximum Gasteiger partial charge on any atom is 0.256 e. The number of likely N-dealkylation sites (tertiary alicyclic amines) is 1. The monoisotopic (exact) mass is 292 g/mol. The van der Waals surface area contributed by atoms with Gasteiger partial charge in [0.1, 0.15) is 4.34 Å². The summed E-state index contributed by atoms with van der Waals surface area (Å²) >= 11 is 13.0. The first-order valence-electron chi connectivity index (χ1n) is 5.39. The number of thiophene rings is 1. The van der Waals surface area contributed by atoms with E-state index in [0.717, 1.165) is 13.0 Å². The fourth-order valence-corrected chi connectivity index (χ4v) is 3.47. The Kier molecular flexibility index (Phi) is 3.69. The van der Waals surface area contributed by atoms with E-state index in [-0.39, 0.29) is 11.3 Å². The zero-order valence-corrected chi connectivity index (χ0v) is 11.8. The van der Waals surface area contributed by atoms with Crippen molar-refractivity contribution in [3.63, 3.8) is 0 Å². The number of hydrogen-bond donors (Lipinski definition) is 1. The van der Waals surface area contributed by atoms with Gasteiger partial charge in [-0.3, -0.25) is 4.79 Å². The van der Waals surface area contributed by atoms with Gasteiger partial charge in [-0.15, -0.1) is 11.3 Å². The highest BCUT2D eigenvalue weighted by Gasteiger charge is 2.35. The van der Waals surface area contributed by atoms with Crippen LogP contribution in [0.25, 0.3) is 0 Å². The van der Waals surface area contributed by atoms with Crippen molar-refractivity contribution < 1.29 is 4.79 Å². The molecule has 17 heavy (non-hydrogen) atoms. The van der Waals surface area contributed by atoms with Crippen molar-refractivity contribution in [1.29, 1.82) is 0 Å². The molecule has 1 aliphatic rings. The van der Waals surface area contributed by atoms with Crippen molar-refractivity contribution in [2.75, 3.05) is 19.6 Å². The predicted octanol–water partition coefficient (Wildman–Crippen LogP) is 2.87. The summed E-state index contributed by atoms with van der Waals surface area (Å²) in [5, 5.41) is 0. The Bertz CT molecular complexity index is 449. The predicted molar refractivity (Wildman–Crippen MR) is 72.0 cm³/mol. The lowest BCUT2D eigenvalue weighted by Gasteiger charge is -2.22. The van der Waals surface area contributed by atoms with Gasteiger partial charge in [0.25, 0.3) is 5.91 Å². The quantitative estimate of drug-likeness (QED) is 0.911. The van der Waals surface area contributed by atoms with Crippen LogP contribution in [-0.4, -0.2) is 30.4 Å². The van der Waals surface area contributed by atoms with Gasteiger partial charge in [0.15, 0.2) is 0 Å². The second kappa shape index (κ2) is 4.76. The average Bonchev–Trinajstić information content (AvgIpc) is 2.82. The molecule has 0 bridgehead atoms. The second-order valence-electron chi connectivity index (χ2n) is 4.73. The molecule has 2 rings (SSSR count). The summed E-state index contributed by atoms with van der Waals surface area (Å²) in [6.07, 6.45) is 0.935. The van der Waals surface area contributed by atoms with E-state index in [1.165, 1.54) is 11.3 Å². The molecule has 0 radical (unpaired) electrons. The standard InChI is InChI=1S/C11H14Cl2N2OS/c1-11(5-14)2-3-15(6-11)10(16)7-4-8(12)17-9(7)13/h4H,2-3,5-6,14H2,1H3. The molecule has 3 nitrogen and oxygen atoms in total. The second-order valence-corrected chi connectivity index (χ2v) is 7.01. The molecule has 0 aromatic carbocycles. The van der Waals surface area contributed by atoms with Crippen molar-refractivity contribution in [3.8, 4) is 0 Å². The van der Waals surface area contributed by atoms with Gasteiger partial charge in [-0.25, -0.2) is 0 Å². The molecule has 1 aromatic rings. The lowest BCUT2D eigenvalue weighted by Crippen LogP contribution is -2.34. The molecular formula is C11H14Cl2N2OS. The van der Waals surface area contributed by atoms with Crippen LogP contribution in [-0.2, 0) is 0 Å². The third-order valence-electron chi connectivity index (χ3n) is 3.22. The van der Waals surface area contributed by atoms with Gasteiger partial charge in [0, 0.05) is 13.1 Å². The normalized spacial score (nSPS) is 24.4. The maximum atomic E-state index is 12.2. The zero-order valence-electron chi connectivity index (χ0n) is 9.50. The number of amides is 1. The molecule has 0 saturated carbocycles. The molecule has 0 spiro atoms. The van der Waals surface area contributed by atoms with Gasteiger partial charge < -0.3 is 10.6 Å². The fourth-order valence-electron chi connectivity index (χ4n) is 2.02. The lowest BCUT2D eigenvalue weighted by atomic mass is 9.90. The number of hydrogen-bond acceptors (Lipinski definition) is 3. The number of nitrogens with zero attached hydrogens (tertiary/aromatic N) is 1. The summed E-state index contributed by atoms with van der Waals surface area (Å²) in [5.41, 5.74) is 6.25. The molecule has 6 heteroatoms. The van der Waals surface area contributed by atoms with E-state index in [9.17, 15) is 4.79 Å². The van der Waals surface area contributed by atoms with E-state index < -0.39 is 0 Å². The minimum Gasteiger partial charge on any atom is -0.338 e. The van der Waals surface area contributed by atoms with E-state index in [1.54, 1.807) is 11.0 Å². The Hall–Kier alpha value is -0.290. The average molecular weight is 293 g/mol. The summed E-state index contributed by atoms with van der Waals surface area (Å²) in [5.74, 6) is -0.0460. The van der Waals surface area contributed by atoms with Crippen LogP contribution < -0.4 is 5.73 Å². The number of nitrogens with two attached hydrogens (primary N) is 1. The molecule has 2 N–H and O–H groups in total. The van der Waals surface area contributed by atoms with Gasteiger partial charge in [-0.1, -0.05) is 30.1 Å². The van der Waals surface area contributed by atoms with Crippen molar-refractivity contribution in [2.24, 2.45) is 11.1 Å². The molecule has 1 aromatic heterocycles. The first-order valence-corrected chi connectivity index (χ1v) is 6.97. The Morgan fingerprint density at radius 3 is 2.82 bits per heavy atom. The lowest BCUT2D eigenvalue weighted by molar-refractivity contribution is 0.0777. The molecule has 1 fully saturated rings. The summed E-state index contributed by atoms with van der Waals surface area (Å²) < 4.78 is 1.00. The fraction of sp³-hybridized carbons (Fsp3) is 0.545. The maximum absolute atomic E-state index is 12.2. The summed E-state index contributed by atoms with van der Waals surface area (Å²) in [6.45, 7) is 4.11. The third-order valence-corrected chi connectivity index (χ3v) is 4.71. The van der Waals surface area contributed by atoms with Gasteiger partial charge in [0.2, 0.25) is 0 Å². The van der Waals surface area contributed by atoms with Gasteiger partial charge in [-0.05, 0) is 24.4 Å². The van der Waals surface area contributed by atoms with E-state index in [2.05, 4.69) is 6.92 Å². The summed E-state index contributed by atoms with van der Waals surface area (Å²) in [6, 6.07) is 1.63. The smallest absolute Gasteiger partial charge is 0.256 e. The van der Waals surface area contributed by atoms with Crippen LogP contribution in [0.1, 0.15) is 23.7 Å². The molecule has 1 amide bonds. The Balaban J connectivity index is 2.15. The Labute approximate surface area is 114 Å². The molecule has 94 valence electrons. The topological polar surface area (TPSA) is 46.3 Å². The molecular weight excluding hydrogens is 279 g/mol. The molecule has 1 atom stereocenters. The molecule has 0 aliphatic carbocycles. The van der Waals surface area contributed by atoms with Crippen molar-refractivity contribution in [3.05, 3.63) is 20.3 Å². The first-order chi connectivity index (χ1) is 7.95. The zero-order chi connectivity index (χ0) is 12.6. The highest BCUT2D eigenvalue weighted by molar-refractivity contribution is 7.20. The Morgan fingerprint density at radius 2 is 2.35 bits per heavy atom. The Morgan fingerprint density at radius 1 is 1.65 bits per heavy atom. The van der Waals surface area contributed by atoms with Crippen LogP contribution in [0.15, 0.2) is 6.07 Å². The van der Waals surface area contributed by atoms with Crippen LogP contribution in [0, 0.1) is 5.41 Å². The van der Waals surface area contributed by atoms with Crippen LogP contribution in [0.4, 0.5) is 0 Å². The third kappa shape index (κ3) is 2.60. The SMILES string of the molecule is CC1(CN)CCN(C(=O)c2cc(Cl)sc2Cl)C1. The number of carbonyl (C=O) groups excluding carboxylic acids is 1. The van der Waals surface area contributed by atoms with Crippen molar-refractivity contribution in [2.45, 2.75) is 13.3 Å². The van der Waals surface area contributed by atoms with E-state index in [4.69, 9.17) is 28.9 Å². The number of carbonyl (C=O) groups is 1. The van der Waals surface area contributed by atoms with E-state index >= 15 is 0 Å². The highest BCUT2D eigenvalue weighted by atomic mass is 35.5. The highest BCUT2D eigenvalue weighted by Crippen LogP contribution is 2.35. The largest absolute Gasteiger partial charge is 0.338 e. The van der Waals surface area contributed by atoms with E-state index in [1.807, 2.05) is 0 Å². The number of rotatable bonds is 2. The molecule has 2 heterocycles. The van der Waals surface area contributed by atoms with Crippen molar-refractivity contribution in [1.82, 2.24) is 4.90 Å². The van der Waals surface area contributed by atoms with Gasteiger partial charge >= 0.3 is 0 Å². The van der Waals surface area contributed by atoms with Gasteiger partial charge in [-0.2, -0.15) is 0 Å². The van der Waals surface area contributed by atoms with Crippen molar-refractivity contribution >= 4 is 40.4 Å². The van der Waals surface area contributed by atoms with Crippen LogP contribution in [0.5, 0.6) is 0 Å². The van der Waals surface area contributed by atoms with E-state index in [0.29, 0.717) is 27.3 Å². The van der Waals surface area contributed by atoms with Crippen LogP contribution in [0.3, 0.4) is 0 Å². The minimum atomic E-state index is -0.0460. The molecule has 1 aliphatic heterocycles. The molecule has 1 unspecified atom stereocenters. The minimum absolute atomic E-state index is 0.0297. The summed E-state index contributed by atoms with van der Waals surface area (Å²) in [4.78, 5) is 14.0. The summed E-state index contributed by atoms with van der Waals surface area (Å²) in [7, 11) is 0. The van der Waals surface area contributed by atoms with Crippen LogP contribution in [0.2, 0.25) is 8.67 Å². The van der Waals surface area contributed by atoms with Crippen LogP contribution >= 0.6 is 34.5 Å². The first kappa shape index (κ1) is 13.1.